The fourth-order valence-corrected chi connectivity index (χ4v) is 2.90. The Labute approximate surface area is 176 Å². The number of ether oxygens (including phenoxy) is 2. The lowest BCUT2D eigenvalue weighted by Crippen LogP contribution is -2.23. The molecule has 0 atom stereocenters. The van der Waals surface area contributed by atoms with Crippen molar-refractivity contribution >= 4 is 35.6 Å². The topological polar surface area (TPSA) is 68.9 Å². The molecular formula is C20H25FIN3O2. The summed E-state index contributed by atoms with van der Waals surface area (Å²) < 4.78 is 24.5. The molecular weight excluding hydrogens is 460 g/mol. The maximum absolute atomic E-state index is 13.7. The van der Waals surface area contributed by atoms with Gasteiger partial charge in [0.1, 0.15) is 11.6 Å². The van der Waals surface area contributed by atoms with E-state index in [4.69, 9.17) is 15.2 Å². The van der Waals surface area contributed by atoms with Crippen LogP contribution in [0.3, 0.4) is 0 Å². The molecule has 5 nitrogen and oxygen atoms in total. The van der Waals surface area contributed by atoms with Crippen LogP contribution in [0.25, 0.3) is 0 Å². The molecule has 0 bridgehead atoms. The summed E-state index contributed by atoms with van der Waals surface area (Å²) in [6.07, 6.45) is 0.536. The lowest BCUT2D eigenvalue weighted by Gasteiger charge is -2.20. The van der Waals surface area contributed by atoms with Crippen LogP contribution in [0, 0.1) is 5.82 Å². The van der Waals surface area contributed by atoms with E-state index in [-0.39, 0.29) is 36.6 Å². The van der Waals surface area contributed by atoms with E-state index in [2.05, 4.69) is 36.3 Å². The number of hydrogen-bond acceptors (Lipinski definition) is 3. The van der Waals surface area contributed by atoms with Gasteiger partial charge in [-0.1, -0.05) is 26.0 Å². The minimum atomic E-state index is -0.298. The molecule has 27 heavy (non-hydrogen) atoms. The van der Waals surface area contributed by atoms with Crippen LogP contribution in [-0.4, -0.2) is 19.3 Å². The van der Waals surface area contributed by atoms with Crippen molar-refractivity contribution in [2.45, 2.75) is 32.8 Å². The zero-order chi connectivity index (χ0) is 18.5. The number of benzene rings is 2. The number of nitrogens with zero attached hydrogens (tertiary/aromatic N) is 1. The number of rotatable bonds is 5. The van der Waals surface area contributed by atoms with E-state index in [1.165, 1.54) is 17.7 Å². The highest BCUT2D eigenvalue weighted by Gasteiger charge is 2.16. The van der Waals surface area contributed by atoms with Crippen molar-refractivity contribution < 1.29 is 13.9 Å². The summed E-state index contributed by atoms with van der Waals surface area (Å²) >= 11 is 0. The van der Waals surface area contributed by atoms with Gasteiger partial charge >= 0.3 is 0 Å². The Hall–Kier alpha value is -1.87. The molecule has 7 heteroatoms. The highest BCUT2D eigenvalue weighted by Crippen LogP contribution is 2.29. The first-order valence-corrected chi connectivity index (χ1v) is 8.71. The molecule has 0 saturated heterocycles. The quantitative estimate of drug-likeness (QED) is 0.374. The molecule has 3 rings (SSSR count). The first-order chi connectivity index (χ1) is 12.5. The minimum Gasteiger partial charge on any atom is -0.467 e. The van der Waals surface area contributed by atoms with Crippen molar-refractivity contribution in [1.82, 2.24) is 0 Å². The maximum atomic E-state index is 13.7. The predicted molar refractivity (Wildman–Crippen MR) is 116 cm³/mol. The van der Waals surface area contributed by atoms with Gasteiger partial charge in [-0.3, -0.25) is 4.99 Å². The molecule has 0 saturated carbocycles. The fraction of sp³-hybridized carbons (Fsp3) is 0.350. The van der Waals surface area contributed by atoms with E-state index in [9.17, 15) is 4.39 Å². The average molecular weight is 485 g/mol. The largest absolute Gasteiger partial charge is 0.467 e. The van der Waals surface area contributed by atoms with Gasteiger partial charge in [-0.15, -0.1) is 24.0 Å². The Kier molecular flexibility index (Phi) is 7.85. The van der Waals surface area contributed by atoms with E-state index in [1.54, 1.807) is 0 Å². The third-order valence-corrected chi connectivity index (χ3v) is 4.24. The molecule has 0 spiro atoms. The first kappa shape index (κ1) is 21.4. The van der Waals surface area contributed by atoms with Crippen LogP contribution in [0.4, 0.5) is 10.1 Å². The van der Waals surface area contributed by atoms with Gasteiger partial charge in [0.25, 0.3) is 0 Å². The molecule has 0 aromatic heterocycles. The molecule has 0 aliphatic carbocycles. The van der Waals surface area contributed by atoms with Crippen LogP contribution in [0.15, 0.2) is 41.4 Å². The standard InChI is InChI=1S/C20H24FN3O2.HI/c1-13(2)14-4-3-5-18(10-14)24-20(22)23-7-6-15-8-17(21)9-16-11-25-12-26-19(15)16;/h3-5,8-10,13H,6-7,11-12H2,1-2H3,(H3,22,23,24);1H. The molecule has 3 N–H and O–H groups in total. The van der Waals surface area contributed by atoms with Crippen molar-refractivity contribution in [2.75, 3.05) is 18.7 Å². The number of nitrogens with two attached hydrogens (primary N) is 1. The summed E-state index contributed by atoms with van der Waals surface area (Å²) in [5, 5.41) is 3.10. The van der Waals surface area contributed by atoms with Crippen LogP contribution < -0.4 is 15.8 Å². The van der Waals surface area contributed by atoms with Crippen molar-refractivity contribution in [1.29, 1.82) is 0 Å². The fourth-order valence-electron chi connectivity index (χ4n) is 2.90. The van der Waals surface area contributed by atoms with Gasteiger partial charge in [0.15, 0.2) is 12.8 Å². The van der Waals surface area contributed by atoms with Gasteiger partial charge in [0.05, 0.1) is 6.61 Å². The van der Waals surface area contributed by atoms with E-state index >= 15 is 0 Å². The highest BCUT2D eigenvalue weighted by atomic mass is 127. The van der Waals surface area contributed by atoms with Gasteiger partial charge in [0.2, 0.25) is 0 Å². The third kappa shape index (κ3) is 5.80. The van der Waals surface area contributed by atoms with E-state index in [0.717, 1.165) is 16.8 Å². The van der Waals surface area contributed by atoms with Crippen LogP contribution in [0.1, 0.15) is 36.5 Å². The second-order valence-electron chi connectivity index (χ2n) is 6.59. The third-order valence-electron chi connectivity index (χ3n) is 4.24. The Morgan fingerprint density at radius 3 is 2.89 bits per heavy atom. The highest BCUT2D eigenvalue weighted by molar-refractivity contribution is 14.0. The molecule has 0 radical (unpaired) electrons. The van der Waals surface area contributed by atoms with Crippen LogP contribution >= 0.6 is 24.0 Å². The number of anilines is 1. The molecule has 2 aromatic carbocycles. The molecule has 0 unspecified atom stereocenters. The summed E-state index contributed by atoms with van der Waals surface area (Å²) in [6, 6.07) is 11.0. The normalized spacial score (nSPS) is 13.6. The van der Waals surface area contributed by atoms with Gasteiger partial charge in [-0.2, -0.15) is 0 Å². The van der Waals surface area contributed by atoms with Gasteiger partial charge in [-0.25, -0.2) is 4.39 Å². The van der Waals surface area contributed by atoms with Gasteiger partial charge in [0, 0.05) is 17.8 Å². The molecule has 0 amide bonds. The molecule has 2 aromatic rings. The monoisotopic (exact) mass is 485 g/mol. The Balaban J connectivity index is 0.00000261. The summed E-state index contributed by atoms with van der Waals surface area (Å²) in [6.45, 7) is 5.26. The number of fused-ring (bicyclic) bond motifs is 1. The number of nitrogens with one attached hydrogen (secondary N) is 1. The molecule has 0 fully saturated rings. The SMILES string of the molecule is CC(C)c1cccc(NC(N)=NCCc2cc(F)cc3c2OCOC3)c1.I. The van der Waals surface area contributed by atoms with E-state index in [1.807, 2.05) is 12.1 Å². The van der Waals surface area contributed by atoms with E-state index < -0.39 is 0 Å². The number of halogens is 2. The van der Waals surface area contributed by atoms with Crippen molar-refractivity contribution in [2.24, 2.45) is 10.7 Å². The minimum absolute atomic E-state index is 0. The summed E-state index contributed by atoms with van der Waals surface area (Å²) in [7, 11) is 0. The summed E-state index contributed by atoms with van der Waals surface area (Å²) in [4.78, 5) is 4.34. The lowest BCUT2D eigenvalue weighted by atomic mass is 10.0. The first-order valence-electron chi connectivity index (χ1n) is 8.71. The molecule has 1 heterocycles. The molecule has 1 aliphatic rings. The smallest absolute Gasteiger partial charge is 0.193 e. The Morgan fingerprint density at radius 1 is 1.30 bits per heavy atom. The van der Waals surface area contributed by atoms with Crippen molar-refractivity contribution in [3.63, 3.8) is 0 Å². The molecule has 146 valence electrons. The predicted octanol–water partition coefficient (Wildman–Crippen LogP) is 4.40. The zero-order valence-corrected chi connectivity index (χ0v) is 17.8. The Morgan fingerprint density at radius 2 is 2.11 bits per heavy atom. The van der Waals surface area contributed by atoms with Gasteiger partial charge < -0.3 is 20.5 Å². The zero-order valence-electron chi connectivity index (χ0n) is 15.5. The lowest BCUT2D eigenvalue weighted by molar-refractivity contribution is -0.0172. The molecule has 1 aliphatic heterocycles. The summed E-state index contributed by atoms with van der Waals surface area (Å²) in [5.41, 5.74) is 9.62. The van der Waals surface area contributed by atoms with Crippen LogP contribution in [-0.2, 0) is 17.8 Å². The Bertz CT molecular complexity index is 812. The second-order valence-corrected chi connectivity index (χ2v) is 6.59. The van der Waals surface area contributed by atoms with Crippen molar-refractivity contribution in [3.05, 3.63) is 58.9 Å². The number of aliphatic imine (C=N–C) groups is 1. The average Bonchev–Trinajstić information content (AvgIpc) is 2.61. The maximum Gasteiger partial charge on any atom is 0.193 e. The number of guanidine groups is 1. The second kappa shape index (κ2) is 9.89. The van der Waals surface area contributed by atoms with Crippen LogP contribution in [0.2, 0.25) is 0 Å². The summed E-state index contributed by atoms with van der Waals surface area (Å²) in [5.74, 6) is 1.18. The van der Waals surface area contributed by atoms with E-state index in [0.29, 0.717) is 37.2 Å². The van der Waals surface area contributed by atoms with Crippen LogP contribution in [0.5, 0.6) is 5.75 Å². The van der Waals surface area contributed by atoms with Crippen molar-refractivity contribution in [3.8, 4) is 5.75 Å². The number of hydrogen-bond donors (Lipinski definition) is 2. The van der Waals surface area contributed by atoms with Gasteiger partial charge in [-0.05, 0) is 47.7 Å².